The monoisotopic (exact) mass is 274 g/mol. The summed E-state index contributed by atoms with van der Waals surface area (Å²) in [5, 5.41) is 9.79. The number of carbonyl (C=O) groups is 1. The van der Waals surface area contributed by atoms with Crippen LogP contribution >= 0.6 is 0 Å². The summed E-state index contributed by atoms with van der Waals surface area (Å²) >= 11 is 0. The molecule has 0 fully saturated rings. The Labute approximate surface area is 122 Å². The van der Waals surface area contributed by atoms with Crippen LogP contribution in [0.5, 0.6) is 0 Å². The molecule has 21 heavy (non-hydrogen) atoms. The normalized spacial score (nSPS) is 10.5. The van der Waals surface area contributed by atoms with Crippen molar-refractivity contribution >= 4 is 16.7 Å². The predicted octanol–water partition coefficient (Wildman–Crippen LogP) is 3.77. The Hall–Kier alpha value is -2.86. The highest BCUT2D eigenvalue weighted by molar-refractivity contribution is 6.08. The van der Waals surface area contributed by atoms with Gasteiger partial charge in [-0.25, -0.2) is 0 Å². The average molecular weight is 274 g/mol. The Kier molecular flexibility index (Phi) is 3.29. The topological polar surface area (TPSA) is 56.6 Å². The number of nitrogens with zero attached hydrogens (tertiary/aromatic N) is 1. The molecule has 102 valence electrons. The Balaban J connectivity index is 1.94. The van der Waals surface area contributed by atoms with Gasteiger partial charge in [-0.1, -0.05) is 29.8 Å². The van der Waals surface area contributed by atoms with Crippen LogP contribution in [0.4, 0.5) is 0 Å². The highest BCUT2D eigenvalue weighted by atomic mass is 16.1. The van der Waals surface area contributed by atoms with E-state index in [4.69, 9.17) is 5.26 Å². The number of aromatic nitrogens is 1. The first-order valence-corrected chi connectivity index (χ1v) is 6.77. The minimum atomic E-state index is 0.0557. The lowest BCUT2D eigenvalue weighted by Gasteiger charge is -2.01. The van der Waals surface area contributed by atoms with Gasteiger partial charge in [0.25, 0.3) is 0 Å². The summed E-state index contributed by atoms with van der Waals surface area (Å²) in [7, 11) is 0. The van der Waals surface area contributed by atoms with E-state index in [1.54, 1.807) is 18.3 Å². The third kappa shape index (κ3) is 2.56. The molecule has 3 aromatic rings. The van der Waals surface area contributed by atoms with Crippen LogP contribution in [0.3, 0.4) is 0 Å². The lowest BCUT2D eigenvalue weighted by molar-refractivity contribution is 0.0994. The molecule has 1 heterocycles. The number of hydrogen-bond donors (Lipinski definition) is 1. The van der Waals surface area contributed by atoms with Crippen LogP contribution in [0.2, 0.25) is 0 Å². The first-order chi connectivity index (χ1) is 10.2. The molecule has 0 bridgehead atoms. The Morgan fingerprint density at radius 1 is 1.19 bits per heavy atom. The molecule has 0 aliphatic heterocycles. The molecule has 3 heteroatoms. The van der Waals surface area contributed by atoms with Crippen LogP contribution in [0, 0.1) is 18.3 Å². The molecule has 3 nitrogen and oxygen atoms in total. The summed E-state index contributed by atoms with van der Waals surface area (Å²) in [6.45, 7) is 2.02. The number of carbonyl (C=O) groups excluding carboxylic acids is 1. The van der Waals surface area contributed by atoms with E-state index in [0.29, 0.717) is 17.5 Å². The molecule has 2 aromatic carbocycles. The van der Waals surface area contributed by atoms with Gasteiger partial charge in [0.15, 0.2) is 5.78 Å². The lowest BCUT2D eigenvalue weighted by atomic mass is 10.0. The van der Waals surface area contributed by atoms with E-state index in [9.17, 15) is 4.79 Å². The number of rotatable bonds is 3. The molecule has 0 aliphatic rings. The van der Waals surface area contributed by atoms with Gasteiger partial charge in [0, 0.05) is 29.1 Å². The molecule has 0 unspecified atom stereocenters. The second kappa shape index (κ2) is 5.26. The van der Waals surface area contributed by atoms with E-state index in [2.05, 4.69) is 11.1 Å². The molecule has 0 saturated heterocycles. The highest BCUT2D eigenvalue weighted by Crippen LogP contribution is 2.21. The standard InChI is InChI=1S/C18H14N2O/c1-12-2-4-13(5-3-12)9-18(21)16-11-20-17-7-6-14(10-19)8-15(16)17/h2-8,11,20H,9H2,1H3. The van der Waals surface area contributed by atoms with Gasteiger partial charge in [0.05, 0.1) is 11.6 Å². The Bertz CT molecular complexity index is 851. The summed E-state index contributed by atoms with van der Waals surface area (Å²) in [4.78, 5) is 15.6. The number of hydrogen-bond acceptors (Lipinski definition) is 2. The summed E-state index contributed by atoms with van der Waals surface area (Å²) < 4.78 is 0. The van der Waals surface area contributed by atoms with Gasteiger partial charge in [-0.05, 0) is 30.7 Å². The van der Waals surface area contributed by atoms with Crippen molar-refractivity contribution in [2.75, 3.05) is 0 Å². The largest absolute Gasteiger partial charge is 0.360 e. The molecule has 1 aromatic heterocycles. The maximum Gasteiger partial charge on any atom is 0.169 e. The number of aryl methyl sites for hydroxylation is 1. The number of nitriles is 1. The molecule has 0 atom stereocenters. The van der Waals surface area contributed by atoms with Crippen LogP contribution in [-0.4, -0.2) is 10.8 Å². The van der Waals surface area contributed by atoms with E-state index >= 15 is 0 Å². The molecular formula is C18H14N2O. The lowest BCUT2D eigenvalue weighted by Crippen LogP contribution is -2.02. The fourth-order valence-corrected chi connectivity index (χ4v) is 2.41. The Morgan fingerprint density at radius 2 is 1.95 bits per heavy atom. The second-order valence-corrected chi connectivity index (χ2v) is 5.16. The van der Waals surface area contributed by atoms with Crippen LogP contribution in [0.1, 0.15) is 27.0 Å². The van der Waals surface area contributed by atoms with Crippen molar-refractivity contribution in [2.24, 2.45) is 0 Å². The van der Waals surface area contributed by atoms with E-state index in [0.717, 1.165) is 16.5 Å². The number of nitrogens with one attached hydrogen (secondary N) is 1. The molecule has 0 spiro atoms. The van der Waals surface area contributed by atoms with Crippen molar-refractivity contribution in [1.82, 2.24) is 4.98 Å². The van der Waals surface area contributed by atoms with Crippen molar-refractivity contribution in [3.63, 3.8) is 0 Å². The average Bonchev–Trinajstić information content (AvgIpc) is 2.92. The smallest absolute Gasteiger partial charge is 0.169 e. The second-order valence-electron chi connectivity index (χ2n) is 5.16. The summed E-state index contributed by atoms with van der Waals surface area (Å²) in [6, 6.07) is 15.4. The van der Waals surface area contributed by atoms with Crippen LogP contribution in [-0.2, 0) is 6.42 Å². The number of aromatic amines is 1. The third-order valence-electron chi connectivity index (χ3n) is 3.60. The first-order valence-electron chi connectivity index (χ1n) is 6.77. The summed E-state index contributed by atoms with van der Waals surface area (Å²) in [6.07, 6.45) is 2.09. The molecule has 1 N–H and O–H groups in total. The van der Waals surface area contributed by atoms with Crippen molar-refractivity contribution in [3.05, 3.63) is 70.9 Å². The number of Topliss-reactive ketones (excluding diaryl/α,β-unsaturated/α-hetero) is 1. The molecular weight excluding hydrogens is 260 g/mol. The number of benzene rings is 2. The van der Waals surface area contributed by atoms with E-state index in [1.165, 1.54) is 5.56 Å². The van der Waals surface area contributed by atoms with Crippen LogP contribution in [0.15, 0.2) is 48.7 Å². The minimum Gasteiger partial charge on any atom is -0.360 e. The molecule has 0 aliphatic carbocycles. The van der Waals surface area contributed by atoms with Crippen molar-refractivity contribution in [3.8, 4) is 6.07 Å². The van der Waals surface area contributed by atoms with Gasteiger partial charge in [-0.3, -0.25) is 4.79 Å². The minimum absolute atomic E-state index is 0.0557. The van der Waals surface area contributed by atoms with Gasteiger partial charge in [0.2, 0.25) is 0 Å². The van der Waals surface area contributed by atoms with E-state index in [1.807, 2.05) is 37.3 Å². The molecule has 0 amide bonds. The summed E-state index contributed by atoms with van der Waals surface area (Å²) in [5.74, 6) is 0.0557. The zero-order valence-electron chi connectivity index (χ0n) is 11.7. The van der Waals surface area contributed by atoms with E-state index in [-0.39, 0.29) is 5.78 Å². The Morgan fingerprint density at radius 3 is 2.67 bits per heavy atom. The van der Waals surface area contributed by atoms with Gasteiger partial charge >= 0.3 is 0 Å². The van der Waals surface area contributed by atoms with Crippen molar-refractivity contribution < 1.29 is 4.79 Å². The quantitative estimate of drug-likeness (QED) is 0.739. The maximum absolute atomic E-state index is 12.5. The van der Waals surface area contributed by atoms with Crippen LogP contribution < -0.4 is 0 Å². The predicted molar refractivity (Wildman–Crippen MR) is 82.2 cm³/mol. The van der Waals surface area contributed by atoms with E-state index < -0.39 is 0 Å². The SMILES string of the molecule is Cc1ccc(CC(=O)c2c[nH]c3ccc(C#N)cc23)cc1. The third-order valence-corrected chi connectivity index (χ3v) is 3.60. The van der Waals surface area contributed by atoms with Gasteiger partial charge in [0.1, 0.15) is 0 Å². The fraction of sp³-hybridized carbons (Fsp3) is 0.111. The van der Waals surface area contributed by atoms with Gasteiger partial charge < -0.3 is 4.98 Å². The zero-order chi connectivity index (χ0) is 14.8. The molecule has 3 rings (SSSR count). The first kappa shape index (κ1) is 13.1. The maximum atomic E-state index is 12.5. The zero-order valence-corrected chi connectivity index (χ0v) is 11.7. The number of ketones is 1. The van der Waals surface area contributed by atoms with Gasteiger partial charge in [-0.2, -0.15) is 5.26 Å². The highest BCUT2D eigenvalue weighted by Gasteiger charge is 2.13. The van der Waals surface area contributed by atoms with Crippen molar-refractivity contribution in [1.29, 1.82) is 5.26 Å². The number of fused-ring (bicyclic) bond motifs is 1. The molecule has 0 saturated carbocycles. The van der Waals surface area contributed by atoms with Gasteiger partial charge in [-0.15, -0.1) is 0 Å². The van der Waals surface area contributed by atoms with Crippen molar-refractivity contribution in [2.45, 2.75) is 13.3 Å². The van der Waals surface area contributed by atoms with Crippen LogP contribution in [0.25, 0.3) is 10.9 Å². The fourth-order valence-electron chi connectivity index (χ4n) is 2.41. The molecule has 0 radical (unpaired) electrons. The summed E-state index contributed by atoms with van der Waals surface area (Å²) in [5.41, 5.74) is 4.25. The number of H-pyrrole nitrogens is 1.